The van der Waals surface area contributed by atoms with Crippen LogP contribution in [-0.4, -0.2) is 21.8 Å². The van der Waals surface area contributed by atoms with Gasteiger partial charge in [0.25, 0.3) is 0 Å². The van der Waals surface area contributed by atoms with Crippen LogP contribution in [0.1, 0.15) is 22.5 Å². The number of hydrogen-bond donors (Lipinski definition) is 0. The summed E-state index contributed by atoms with van der Waals surface area (Å²) in [6.45, 7) is 3.66. The van der Waals surface area contributed by atoms with Gasteiger partial charge in [0.1, 0.15) is 23.2 Å². The number of nitrogens with zero attached hydrogens (tertiary/aromatic N) is 4. The van der Waals surface area contributed by atoms with Gasteiger partial charge in [-0.1, -0.05) is 6.07 Å². The average molecular weight is 286 g/mol. The number of nitriles is 1. The van der Waals surface area contributed by atoms with Gasteiger partial charge in [-0.15, -0.1) is 0 Å². The summed E-state index contributed by atoms with van der Waals surface area (Å²) in [4.78, 5) is 10.6. The highest BCUT2D eigenvalue weighted by atomic mass is 16.6. The van der Waals surface area contributed by atoms with Crippen molar-refractivity contribution >= 4 is 5.69 Å². The largest absolute Gasteiger partial charge is 0.495 e. The molecule has 7 heteroatoms. The standard InChI is InChI=1S/C14H14N4O3/c1-9-14(18(19)20)10(2)17(16-9)8-11-4-5-12(7-15)13(6-11)21-3/h4-6H,8H2,1-3H3. The highest BCUT2D eigenvalue weighted by Gasteiger charge is 2.21. The lowest BCUT2D eigenvalue weighted by Crippen LogP contribution is -2.05. The molecule has 0 aliphatic heterocycles. The van der Waals surface area contributed by atoms with Crippen LogP contribution in [0.4, 0.5) is 5.69 Å². The van der Waals surface area contributed by atoms with E-state index in [1.54, 1.807) is 36.7 Å². The van der Waals surface area contributed by atoms with E-state index in [1.165, 1.54) is 7.11 Å². The van der Waals surface area contributed by atoms with Crippen molar-refractivity contribution in [1.29, 1.82) is 5.26 Å². The zero-order chi connectivity index (χ0) is 15.6. The van der Waals surface area contributed by atoms with Crippen molar-refractivity contribution in [1.82, 2.24) is 9.78 Å². The highest BCUT2D eigenvalue weighted by Crippen LogP contribution is 2.24. The molecule has 0 bridgehead atoms. The van der Waals surface area contributed by atoms with Crippen molar-refractivity contribution in [2.45, 2.75) is 20.4 Å². The van der Waals surface area contributed by atoms with Crippen LogP contribution < -0.4 is 4.74 Å². The van der Waals surface area contributed by atoms with Gasteiger partial charge in [0.15, 0.2) is 0 Å². The Bertz CT molecular complexity index is 743. The second kappa shape index (κ2) is 5.63. The Hall–Kier alpha value is -2.88. The van der Waals surface area contributed by atoms with E-state index in [1.807, 2.05) is 6.07 Å². The van der Waals surface area contributed by atoms with Crippen molar-refractivity contribution < 1.29 is 9.66 Å². The number of nitro groups is 1. The van der Waals surface area contributed by atoms with Crippen LogP contribution in [0.25, 0.3) is 0 Å². The van der Waals surface area contributed by atoms with E-state index in [4.69, 9.17) is 10.00 Å². The summed E-state index contributed by atoms with van der Waals surface area (Å²) in [5.41, 5.74) is 2.22. The predicted octanol–water partition coefficient (Wildman–Crippen LogP) is 2.34. The molecule has 0 unspecified atom stereocenters. The third-order valence-corrected chi connectivity index (χ3v) is 3.24. The van der Waals surface area contributed by atoms with Crippen molar-refractivity contribution in [3.63, 3.8) is 0 Å². The SMILES string of the molecule is COc1cc(Cn2nc(C)c([N+](=O)[O-])c2C)ccc1C#N. The lowest BCUT2D eigenvalue weighted by Gasteiger charge is -2.07. The Morgan fingerprint density at radius 3 is 2.71 bits per heavy atom. The van der Waals surface area contributed by atoms with Gasteiger partial charge in [0, 0.05) is 0 Å². The zero-order valence-corrected chi connectivity index (χ0v) is 12.0. The fourth-order valence-electron chi connectivity index (χ4n) is 2.20. The number of hydrogen-bond acceptors (Lipinski definition) is 5. The number of aryl methyl sites for hydroxylation is 1. The monoisotopic (exact) mass is 286 g/mol. The topological polar surface area (TPSA) is 94.0 Å². The van der Waals surface area contributed by atoms with E-state index >= 15 is 0 Å². The van der Waals surface area contributed by atoms with E-state index in [-0.39, 0.29) is 5.69 Å². The van der Waals surface area contributed by atoms with Gasteiger partial charge < -0.3 is 4.74 Å². The average Bonchev–Trinajstić information content (AvgIpc) is 2.73. The van der Waals surface area contributed by atoms with E-state index in [0.29, 0.717) is 29.2 Å². The van der Waals surface area contributed by atoms with Crippen LogP contribution >= 0.6 is 0 Å². The third-order valence-electron chi connectivity index (χ3n) is 3.24. The fraction of sp³-hybridized carbons (Fsp3) is 0.286. The van der Waals surface area contributed by atoms with E-state index in [2.05, 4.69) is 5.10 Å². The fourth-order valence-corrected chi connectivity index (χ4v) is 2.20. The van der Waals surface area contributed by atoms with Crippen molar-refractivity contribution in [2.75, 3.05) is 7.11 Å². The molecule has 21 heavy (non-hydrogen) atoms. The molecule has 0 fully saturated rings. The summed E-state index contributed by atoms with van der Waals surface area (Å²) in [5.74, 6) is 0.478. The molecule has 0 aliphatic rings. The molecule has 0 saturated carbocycles. The summed E-state index contributed by atoms with van der Waals surface area (Å²) < 4.78 is 6.73. The van der Waals surface area contributed by atoms with Gasteiger partial charge in [-0.25, -0.2) is 0 Å². The smallest absolute Gasteiger partial charge is 0.312 e. The van der Waals surface area contributed by atoms with Gasteiger partial charge in [0.05, 0.1) is 24.1 Å². The van der Waals surface area contributed by atoms with Gasteiger partial charge in [-0.3, -0.25) is 14.8 Å². The Morgan fingerprint density at radius 1 is 1.48 bits per heavy atom. The number of aromatic nitrogens is 2. The van der Waals surface area contributed by atoms with Crippen LogP contribution in [0, 0.1) is 35.3 Å². The number of benzene rings is 1. The van der Waals surface area contributed by atoms with E-state index in [0.717, 1.165) is 5.56 Å². The Balaban J connectivity index is 2.37. The first-order valence-electron chi connectivity index (χ1n) is 6.23. The van der Waals surface area contributed by atoms with E-state index in [9.17, 15) is 10.1 Å². The Labute approximate surface area is 121 Å². The molecule has 0 radical (unpaired) electrons. The first-order valence-corrected chi connectivity index (χ1v) is 6.23. The molecule has 0 aliphatic carbocycles. The minimum Gasteiger partial charge on any atom is -0.495 e. The molecule has 0 saturated heterocycles. The number of ether oxygens (including phenoxy) is 1. The number of methoxy groups -OCH3 is 1. The van der Waals surface area contributed by atoms with Crippen LogP contribution in [0.2, 0.25) is 0 Å². The van der Waals surface area contributed by atoms with Crippen LogP contribution in [0.15, 0.2) is 18.2 Å². The Kier molecular flexibility index (Phi) is 3.89. The molecule has 0 spiro atoms. The first kappa shape index (κ1) is 14.5. The van der Waals surface area contributed by atoms with Crippen molar-refractivity contribution in [3.05, 3.63) is 50.8 Å². The van der Waals surface area contributed by atoms with Gasteiger partial charge in [-0.2, -0.15) is 10.4 Å². The second-order valence-corrected chi connectivity index (χ2v) is 4.58. The number of rotatable bonds is 4. The summed E-state index contributed by atoms with van der Waals surface area (Å²) >= 11 is 0. The first-order chi connectivity index (χ1) is 9.97. The lowest BCUT2D eigenvalue weighted by molar-refractivity contribution is -0.386. The molecule has 1 aromatic heterocycles. The van der Waals surface area contributed by atoms with Gasteiger partial charge >= 0.3 is 5.69 Å². The quantitative estimate of drug-likeness (QED) is 0.635. The van der Waals surface area contributed by atoms with E-state index < -0.39 is 4.92 Å². The van der Waals surface area contributed by atoms with Crippen LogP contribution in [0.5, 0.6) is 5.75 Å². The lowest BCUT2D eigenvalue weighted by atomic mass is 10.1. The third kappa shape index (κ3) is 2.69. The van der Waals surface area contributed by atoms with Crippen LogP contribution in [-0.2, 0) is 6.54 Å². The van der Waals surface area contributed by atoms with Crippen molar-refractivity contribution in [2.24, 2.45) is 0 Å². The minimum atomic E-state index is -0.423. The molecule has 7 nitrogen and oxygen atoms in total. The maximum atomic E-state index is 11.0. The normalized spacial score (nSPS) is 10.2. The summed E-state index contributed by atoms with van der Waals surface area (Å²) in [7, 11) is 1.49. The summed E-state index contributed by atoms with van der Waals surface area (Å²) in [5, 5.41) is 24.1. The second-order valence-electron chi connectivity index (χ2n) is 4.58. The highest BCUT2D eigenvalue weighted by molar-refractivity contribution is 5.46. The molecular weight excluding hydrogens is 272 g/mol. The molecular formula is C14H14N4O3. The minimum absolute atomic E-state index is 0.0376. The molecule has 108 valence electrons. The molecule has 1 heterocycles. The molecule has 0 amide bonds. The molecule has 2 aromatic rings. The Morgan fingerprint density at radius 2 is 2.19 bits per heavy atom. The van der Waals surface area contributed by atoms with Gasteiger partial charge in [-0.05, 0) is 31.5 Å². The maximum Gasteiger partial charge on any atom is 0.312 e. The predicted molar refractivity (Wildman–Crippen MR) is 75.2 cm³/mol. The zero-order valence-electron chi connectivity index (χ0n) is 12.0. The van der Waals surface area contributed by atoms with Crippen LogP contribution in [0.3, 0.4) is 0 Å². The molecule has 0 atom stereocenters. The molecule has 1 aromatic carbocycles. The summed E-state index contributed by atoms with van der Waals surface area (Å²) in [6, 6.07) is 7.22. The molecule has 0 N–H and O–H groups in total. The van der Waals surface area contributed by atoms with Crippen molar-refractivity contribution in [3.8, 4) is 11.8 Å². The van der Waals surface area contributed by atoms with Gasteiger partial charge in [0.2, 0.25) is 0 Å². The maximum absolute atomic E-state index is 11.0. The summed E-state index contributed by atoms with van der Waals surface area (Å²) in [6.07, 6.45) is 0. The molecule has 2 rings (SSSR count).